The van der Waals surface area contributed by atoms with E-state index in [1.807, 2.05) is 0 Å². The number of carbonyl (C=O) groups excluding carboxylic acids is 2. The highest BCUT2D eigenvalue weighted by atomic mass is 19.4. The monoisotopic (exact) mass is 440 g/mol. The molecule has 1 heterocycles. The van der Waals surface area contributed by atoms with Crippen molar-refractivity contribution in [3.8, 4) is 0 Å². The van der Waals surface area contributed by atoms with Gasteiger partial charge in [-0.25, -0.2) is 0 Å². The molecule has 3 fully saturated rings. The fourth-order valence-electron chi connectivity index (χ4n) is 4.28. The predicted molar refractivity (Wildman–Crippen MR) is 109 cm³/mol. The van der Waals surface area contributed by atoms with E-state index in [1.54, 1.807) is 0 Å². The molecule has 1 aromatic rings. The molecule has 7 nitrogen and oxygen atoms in total. The summed E-state index contributed by atoms with van der Waals surface area (Å²) in [4.78, 5) is 28.4. The van der Waals surface area contributed by atoms with Crippen LogP contribution < -0.4 is 16.0 Å². The van der Waals surface area contributed by atoms with Crippen LogP contribution in [0.1, 0.15) is 37.7 Å². The molecule has 170 valence electrons. The molecule has 2 saturated carbocycles. The molecule has 0 aromatic heterocycles. The predicted octanol–water partition coefficient (Wildman–Crippen LogP) is 2.35. The van der Waals surface area contributed by atoms with E-state index in [4.69, 9.17) is 10.5 Å². The highest BCUT2D eigenvalue weighted by Crippen LogP contribution is 2.39. The standard InChI is InChI=1S/C21H27F3N4O3/c22-21(23,24)16-10-15(27-8-9-31-12-19(27)29)6-7-17(16)26-20(30)18(11-25)28(14-4-5-14)13-2-1-3-13/h6-7,10,13-14,18H,1-5,8-9,11-12,25H2,(H,26,30)/t18-/m0/s1. The van der Waals surface area contributed by atoms with Gasteiger partial charge in [-0.05, 0) is 43.9 Å². The highest BCUT2D eigenvalue weighted by Gasteiger charge is 2.43. The van der Waals surface area contributed by atoms with Gasteiger partial charge in [0.1, 0.15) is 12.6 Å². The third-order valence-electron chi connectivity index (χ3n) is 6.21. The Labute approximate surface area is 178 Å². The van der Waals surface area contributed by atoms with Crippen LogP contribution in [0.5, 0.6) is 0 Å². The molecule has 0 unspecified atom stereocenters. The molecule has 3 N–H and O–H groups in total. The number of ether oxygens (including phenoxy) is 1. The van der Waals surface area contributed by atoms with Gasteiger partial charge in [0.15, 0.2) is 0 Å². The maximum atomic E-state index is 13.8. The van der Waals surface area contributed by atoms with Crippen molar-refractivity contribution in [2.45, 2.75) is 56.4 Å². The summed E-state index contributed by atoms with van der Waals surface area (Å²) in [5.74, 6) is -0.929. The number of amides is 2. The lowest BCUT2D eigenvalue weighted by Gasteiger charge is -2.42. The topological polar surface area (TPSA) is 87.9 Å². The van der Waals surface area contributed by atoms with Crippen molar-refractivity contribution in [2.75, 3.05) is 36.5 Å². The van der Waals surface area contributed by atoms with E-state index in [-0.39, 0.29) is 49.8 Å². The molecule has 2 aliphatic carbocycles. The number of morpholine rings is 1. The maximum Gasteiger partial charge on any atom is 0.418 e. The third-order valence-corrected chi connectivity index (χ3v) is 6.21. The van der Waals surface area contributed by atoms with Gasteiger partial charge in [-0.1, -0.05) is 6.42 Å². The van der Waals surface area contributed by atoms with E-state index in [1.165, 1.54) is 17.0 Å². The molecule has 0 bridgehead atoms. The van der Waals surface area contributed by atoms with Gasteiger partial charge in [-0.2, -0.15) is 13.2 Å². The lowest BCUT2D eigenvalue weighted by Crippen LogP contribution is -2.55. The average Bonchev–Trinajstić information content (AvgIpc) is 3.51. The number of hydrogen-bond acceptors (Lipinski definition) is 5. The fourth-order valence-corrected chi connectivity index (χ4v) is 4.28. The number of nitrogens with one attached hydrogen (secondary N) is 1. The molecule has 1 atom stereocenters. The van der Waals surface area contributed by atoms with E-state index in [0.29, 0.717) is 0 Å². The number of anilines is 2. The first-order chi connectivity index (χ1) is 14.8. The number of halogens is 3. The molecular weight excluding hydrogens is 413 g/mol. The number of nitrogens with zero attached hydrogens (tertiary/aromatic N) is 2. The summed E-state index contributed by atoms with van der Waals surface area (Å²) in [5, 5.41) is 2.47. The zero-order valence-corrected chi connectivity index (χ0v) is 17.2. The zero-order valence-electron chi connectivity index (χ0n) is 17.2. The first-order valence-corrected chi connectivity index (χ1v) is 10.7. The molecule has 1 aromatic carbocycles. The van der Waals surface area contributed by atoms with Crippen LogP contribution in [0.25, 0.3) is 0 Å². The number of hydrogen-bond donors (Lipinski definition) is 2. The lowest BCUT2D eigenvalue weighted by atomic mass is 9.90. The van der Waals surface area contributed by atoms with E-state index < -0.39 is 29.6 Å². The van der Waals surface area contributed by atoms with Crippen molar-refractivity contribution < 1.29 is 27.5 Å². The quantitative estimate of drug-likeness (QED) is 0.680. The van der Waals surface area contributed by atoms with E-state index in [0.717, 1.165) is 38.2 Å². The highest BCUT2D eigenvalue weighted by molar-refractivity contribution is 5.98. The Kier molecular flexibility index (Phi) is 6.23. The normalized spacial score (nSPS) is 21.2. The second-order valence-corrected chi connectivity index (χ2v) is 8.33. The van der Waals surface area contributed by atoms with Crippen molar-refractivity contribution >= 4 is 23.2 Å². The van der Waals surface area contributed by atoms with E-state index in [2.05, 4.69) is 10.2 Å². The first-order valence-electron chi connectivity index (χ1n) is 10.7. The van der Waals surface area contributed by atoms with E-state index >= 15 is 0 Å². The van der Waals surface area contributed by atoms with Crippen molar-refractivity contribution in [3.05, 3.63) is 23.8 Å². The molecule has 0 radical (unpaired) electrons. The molecule has 0 spiro atoms. The molecular formula is C21H27F3N4O3. The van der Waals surface area contributed by atoms with Gasteiger partial charge in [-0.15, -0.1) is 0 Å². The Hall–Kier alpha value is -2.17. The van der Waals surface area contributed by atoms with Crippen LogP contribution in [-0.4, -0.2) is 61.1 Å². The Balaban J connectivity index is 1.57. The molecule has 4 rings (SSSR count). The number of alkyl halides is 3. The number of nitrogens with two attached hydrogens (primary N) is 1. The summed E-state index contributed by atoms with van der Waals surface area (Å²) in [7, 11) is 0. The van der Waals surface area contributed by atoms with Gasteiger partial charge < -0.3 is 20.7 Å². The maximum absolute atomic E-state index is 13.8. The van der Waals surface area contributed by atoms with E-state index in [9.17, 15) is 22.8 Å². The minimum atomic E-state index is -4.70. The lowest BCUT2D eigenvalue weighted by molar-refractivity contribution is -0.137. The van der Waals surface area contributed by atoms with Crippen molar-refractivity contribution in [3.63, 3.8) is 0 Å². The number of benzene rings is 1. The summed E-state index contributed by atoms with van der Waals surface area (Å²) in [6.45, 7) is 0.299. The van der Waals surface area contributed by atoms with Gasteiger partial charge >= 0.3 is 6.18 Å². The molecule has 2 amide bonds. The first kappa shape index (κ1) is 22.0. The summed E-state index contributed by atoms with van der Waals surface area (Å²) in [5.41, 5.74) is 4.70. The number of carbonyl (C=O) groups is 2. The van der Waals surface area contributed by atoms with Crippen molar-refractivity contribution in [2.24, 2.45) is 5.73 Å². The molecule has 1 saturated heterocycles. The van der Waals surface area contributed by atoms with Crippen LogP contribution in [0.3, 0.4) is 0 Å². The third kappa shape index (κ3) is 4.70. The van der Waals surface area contributed by atoms with Gasteiger partial charge in [0, 0.05) is 30.9 Å². The van der Waals surface area contributed by atoms with Crippen LogP contribution in [-0.2, 0) is 20.5 Å². The van der Waals surface area contributed by atoms with Crippen LogP contribution >= 0.6 is 0 Å². The van der Waals surface area contributed by atoms with Crippen molar-refractivity contribution in [1.29, 1.82) is 0 Å². The Bertz CT molecular complexity index is 840. The minimum absolute atomic E-state index is 0.0422. The minimum Gasteiger partial charge on any atom is -0.370 e. The summed E-state index contributed by atoms with van der Waals surface area (Å²) in [6, 6.07) is 3.40. The zero-order chi connectivity index (χ0) is 22.2. The van der Waals surface area contributed by atoms with Gasteiger partial charge in [0.05, 0.1) is 17.9 Å². The summed E-state index contributed by atoms with van der Waals surface area (Å²) < 4.78 is 46.4. The average molecular weight is 440 g/mol. The Morgan fingerprint density at radius 2 is 1.97 bits per heavy atom. The fraction of sp³-hybridized carbons (Fsp3) is 0.619. The Morgan fingerprint density at radius 1 is 1.26 bits per heavy atom. The van der Waals surface area contributed by atoms with Gasteiger partial charge in [-0.3, -0.25) is 14.5 Å². The molecule has 3 aliphatic rings. The molecule has 1 aliphatic heterocycles. The molecule has 31 heavy (non-hydrogen) atoms. The summed E-state index contributed by atoms with van der Waals surface area (Å²) >= 11 is 0. The van der Waals surface area contributed by atoms with Crippen LogP contribution in [0, 0.1) is 0 Å². The SMILES string of the molecule is NC[C@@H](C(=O)Nc1ccc(N2CCOCC2=O)cc1C(F)(F)F)N(C1CCC1)C1CC1. The van der Waals surface area contributed by atoms with Gasteiger partial charge in [0.2, 0.25) is 5.91 Å². The smallest absolute Gasteiger partial charge is 0.370 e. The number of rotatable bonds is 7. The largest absolute Gasteiger partial charge is 0.418 e. The second-order valence-electron chi connectivity index (χ2n) is 8.33. The second kappa shape index (κ2) is 8.76. The van der Waals surface area contributed by atoms with Crippen molar-refractivity contribution in [1.82, 2.24) is 4.90 Å². The molecule has 10 heteroatoms. The van der Waals surface area contributed by atoms with Crippen LogP contribution in [0.2, 0.25) is 0 Å². The Morgan fingerprint density at radius 3 is 2.52 bits per heavy atom. The van der Waals surface area contributed by atoms with Crippen LogP contribution in [0.4, 0.5) is 24.5 Å². The van der Waals surface area contributed by atoms with Gasteiger partial charge in [0.25, 0.3) is 5.91 Å². The van der Waals surface area contributed by atoms with Crippen LogP contribution in [0.15, 0.2) is 18.2 Å². The summed E-state index contributed by atoms with van der Waals surface area (Å²) in [6.07, 6.45) is 0.322.